The number of carbonyl (C=O) groups excluding carboxylic acids is 1. The molecule has 2 nitrogen and oxygen atoms in total. The molecule has 1 saturated heterocycles. The molecule has 0 spiro atoms. The standard InChI is InChI=1S/C24H23NOS/c1-2-21-23(26)25(24(21)27-20-16-10-5-11-17-20)22(18-12-6-3-7-13-18)19-14-8-4-9-15-19/h3-17,21-22,24H,2H2,1H3. The summed E-state index contributed by atoms with van der Waals surface area (Å²) in [6.07, 6.45) is 0.871. The predicted octanol–water partition coefficient (Wildman–Crippen LogP) is 5.76. The van der Waals surface area contributed by atoms with Crippen molar-refractivity contribution in [2.45, 2.75) is 29.7 Å². The highest BCUT2D eigenvalue weighted by Gasteiger charge is 2.50. The molecule has 1 fully saturated rings. The van der Waals surface area contributed by atoms with E-state index in [-0.39, 0.29) is 23.2 Å². The molecule has 0 radical (unpaired) electrons. The lowest BCUT2D eigenvalue weighted by Gasteiger charge is -2.50. The maximum atomic E-state index is 13.1. The van der Waals surface area contributed by atoms with Crippen LogP contribution in [0.25, 0.3) is 0 Å². The van der Waals surface area contributed by atoms with Gasteiger partial charge < -0.3 is 4.90 Å². The van der Waals surface area contributed by atoms with Crippen LogP contribution >= 0.6 is 11.8 Å². The van der Waals surface area contributed by atoms with E-state index in [0.717, 1.165) is 17.5 Å². The van der Waals surface area contributed by atoms with Crippen LogP contribution in [0.15, 0.2) is 95.9 Å². The van der Waals surface area contributed by atoms with Crippen molar-refractivity contribution in [2.75, 3.05) is 0 Å². The van der Waals surface area contributed by atoms with Gasteiger partial charge in [0.25, 0.3) is 0 Å². The van der Waals surface area contributed by atoms with Crippen molar-refractivity contribution < 1.29 is 4.79 Å². The SMILES string of the molecule is CCC1C(=O)N(C(c2ccccc2)c2ccccc2)C1Sc1ccccc1. The van der Waals surface area contributed by atoms with Crippen molar-refractivity contribution >= 4 is 17.7 Å². The summed E-state index contributed by atoms with van der Waals surface area (Å²) in [5.41, 5.74) is 2.32. The average Bonchev–Trinajstić information content (AvgIpc) is 2.74. The monoisotopic (exact) mass is 373 g/mol. The zero-order valence-electron chi connectivity index (χ0n) is 15.4. The minimum Gasteiger partial charge on any atom is -0.318 e. The molecule has 2 atom stereocenters. The number of hydrogen-bond donors (Lipinski definition) is 0. The van der Waals surface area contributed by atoms with E-state index in [1.54, 1.807) is 11.8 Å². The van der Waals surface area contributed by atoms with E-state index in [0.29, 0.717) is 0 Å². The van der Waals surface area contributed by atoms with Gasteiger partial charge >= 0.3 is 0 Å². The molecule has 0 N–H and O–H groups in total. The summed E-state index contributed by atoms with van der Waals surface area (Å²) in [7, 11) is 0. The minimum absolute atomic E-state index is 0.0519. The van der Waals surface area contributed by atoms with Crippen LogP contribution in [0.5, 0.6) is 0 Å². The lowest BCUT2D eigenvalue weighted by atomic mass is 9.88. The number of likely N-dealkylation sites (tertiary alicyclic amines) is 1. The first kappa shape index (κ1) is 17.9. The molecule has 1 heterocycles. The van der Waals surface area contributed by atoms with E-state index in [9.17, 15) is 4.79 Å². The van der Waals surface area contributed by atoms with Crippen molar-refractivity contribution in [1.29, 1.82) is 0 Å². The number of β-lactam (4-membered cyclic amide) rings is 1. The summed E-state index contributed by atoms with van der Waals surface area (Å²) < 4.78 is 0. The quantitative estimate of drug-likeness (QED) is 0.512. The number of amides is 1. The second-order valence-corrected chi connectivity index (χ2v) is 8.00. The molecule has 3 heteroatoms. The molecule has 136 valence electrons. The van der Waals surface area contributed by atoms with Gasteiger partial charge in [0.05, 0.1) is 17.3 Å². The fourth-order valence-electron chi connectivity index (χ4n) is 3.76. The molecule has 27 heavy (non-hydrogen) atoms. The van der Waals surface area contributed by atoms with Crippen molar-refractivity contribution in [3.8, 4) is 0 Å². The Morgan fingerprint density at radius 3 is 1.78 bits per heavy atom. The van der Waals surface area contributed by atoms with Gasteiger partial charge in [0.2, 0.25) is 5.91 Å². The van der Waals surface area contributed by atoms with Crippen molar-refractivity contribution in [3.05, 3.63) is 102 Å². The smallest absolute Gasteiger partial charge is 0.230 e. The van der Waals surface area contributed by atoms with Crippen LogP contribution in [0.4, 0.5) is 0 Å². The first-order chi connectivity index (χ1) is 13.3. The van der Waals surface area contributed by atoms with Gasteiger partial charge in [-0.05, 0) is 29.7 Å². The fraction of sp³-hybridized carbons (Fsp3) is 0.208. The Labute approximate surface area is 165 Å². The molecule has 3 aromatic carbocycles. The largest absolute Gasteiger partial charge is 0.318 e. The number of benzene rings is 3. The Hall–Kier alpha value is -2.52. The van der Waals surface area contributed by atoms with Gasteiger partial charge in [-0.1, -0.05) is 85.8 Å². The van der Waals surface area contributed by atoms with Crippen molar-refractivity contribution in [3.63, 3.8) is 0 Å². The van der Waals surface area contributed by atoms with Crippen LogP contribution in [0.2, 0.25) is 0 Å². The summed E-state index contributed by atoms with van der Waals surface area (Å²) >= 11 is 1.80. The van der Waals surface area contributed by atoms with Gasteiger partial charge in [0, 0.05) is 4.90 Å². The van der Waals surface area contributed by atoms with Crippen LogP contribution in [0, 0.1) is 5.92 Å². The van der Waals surface area contributed by atoms with E-state index in [4.69, 9.17) is 0 Å². The van der Waals surface area contributed by atoms with Crippen LogP contribution in [0.1, 0.15) is 30.5 Å². The Morgan fingerprint density at radius 2 is 1.30 bits per heavy atom. The highest BCUT2D eigenvalue weighted by atomic mass is 32.2. The molecule has 0 aliphatic carbocycles. The Morgan fingerprint density at radius 1 is 0.815 bits per heavy atom. The van der Waals surface area contributed by atoms with Crippen LogP contribution in [-0.4, -0.2) is 16.2 Å². The summed E-state index contributed by atoms with van der Waals surface area (Å²) in [6.45, 7) is 2.11. The first-order valence-electron chi connectivity index (χ1n) is 9.43. The highest BCUT2D eigenvalue weighted by Crippen LogP contribution is 2.47. The zero-order valence-corrected chi connectivity index (χ0v) is 16.2. The summed E-state index contributed by atoms with van der Waals surface area (Å²) in [4.78, 5) is 16.4. The number of hydrogen-bond acceptors (Lipinski definition) is 2. The minimum atomic E-state index is -0.0519. The van der Waals surface area contributed by atoms with Crippen LogP contribution in [0.3, 0.4) is 0 Å². The summed E-state index contributed by atoms with van der Waals surface area (Å²) in [5, 5.41) is 0.148. The predicted molar refractivity (Wildman–Crippen MR) is 111 cm³/mol. The lowest BCUT2D eigenvalue weighted by Crippen LogP contribution is -2.60. The third-order valence-corrected chi connectivity index (χ3v) is 6.48. The molecular weight excluding hydrogens is 350 g/mol. The Bertz CT molecular complexity index is 843. The third kappa shape index (κ3) is 3.52. The zero-order chi connectivity index (χ0) is 18.6. The van der Waals surface area contributed by atoms with Crippen LogP contribution in [-0.2, 0) is 4.79 Å². The molecular formula is C24H23NOS. The molecule has 1 aliphatic rings. The van der Waals surface area contributed by atoms with E-state index in [1.165, 1.54) is 4.90 Å². The molecule has 1 aliphatic heterocycles. The van der Waals surface area contributed by atoms with E-state index in [2.05, 4.69) is 60.4 Å². The summed E-state index contributed by atoms with van der Waals surface area (Å²) in [5.74, 6) is 0.328. The second-order valence-electron chi connectivity index (χ2n) is 6.81. The second kappa shape index (κ2) is 8.01. The highest BCUT2D eigenvalue weighted by molar-refractivity contribution is 8.00. The molecule has 4 rings (SSSR count). The Balaban J connectivity index is 1.72. The summed E-state index contributed by atoms with van der Waals surface area (Å²) in [6, 6.07) is 31.0. The molecule has 1 amide bonds. The van der Waals surface area contributed by atoms with Gasteiger partial charge in [-0.15, -0.1) is 11.8 Å². The van der Waals surface area contributed by atoms with Gasteiger partial charge in [-0.2, -0.15) is 0 Å². The van der Waals surface area contributed by atoms with Gasteiger partial charge in [-0.3, -0.25) is 4.79 Å². The van der Waals surface area contributed by atoms with E-state index >= 15 is 0 Å². The van der Waals surface area contributed by atoms with Crippen LogP contribution < -0.4 is 0 Å². The van der Waals surface area contributed by atoms with Crippen molar-refractivity contribution in [1.82, 2.24) is 4.90 Å². The maximum absolute atomic E-state index is 13.1. The first-order valence-corrected chi connectivity index (χ1v) is 10.3. The normalized spacial score (nSPS) is 19.2. The van der Waals surface area contributed by atoms with Gasteiger partial charge in [0.1, 0.15) is 0 Å². The van der Waals surface area contributed by atoms with E-state index in [1.807, 2.05) is 42.5 Å². The molecule has 0 saturated carbocycles. The molecule has 0 aromatic heterocycles. The Kier molecular flexibility index (Phi) is 5.30. The van der Waals surface area contributed by atoms with Crippen molar-refractivity contribution in [2.24, 2.45) is 5.92 Å². The van der Waals surface area contributed by atoms with Gasteiger partial charge in [-0.25, -0.2) is 0 Å². The molecule has 0 bridgehead atoms. The van der Waals surface area contributed by atoms with Gasteiger partial charge in [0.15, 0.2) is 0 Å². The third-order valence-electron chi connectivity index (χ3n) is 5.14. The fourth-order valence-corrected chi connectivity index (χ4v) is 5.17. The maximum Gasteiger partial charge on any atom is 0.230 e. The number of nitrogens with zero attached hydrogens (tertiary/aromatic N) is 1. The number of thioether (sulfide) groups is 1. The molecule has 2 unspecified atom stereocenters. The van der Waals surface area contributed by atoms with E-state index < -0.39 is 0 Å². The number of carbonyl (C=O) groups is 1. The lowest BCUT2D eigenvalue weighted by molar-refractivity contribution is -0.153. The average molecular weight is 374 g/mol. The topological polar surface area (TPSA) is 20.3 Å². The molecule has 3 aromatic rings. The number of rotatable bonds is 6.